The normalized spacial score (nSPS) is 15.5. The minimum atomic E-state index is 0.0146. The van der Waals surface area contributed by atoms with E-state index in [1.54, 1.807) is 41.5 Å². The Bertz CT molecular complexity index is 1020. The minimum absolute atomic E-state index is 0.0146. The maximum Gasteiger partial charge on any atom is 0.261 e. The molecule has 1 aromatic carbocycles. The third-order valence-electron chi connectivity index (χ3n) is 5.30. The third-order valence-corrected chi connectivity index (χ3v) is 6.58. The summed E-state index contributed by atoms with van der Waals surface area (Å²) < 4.78 is 6.96. The van der Waals surface area contributed by atoms with Gasteiger partial charge >= 0.3 is 0 Å². The molecule has 0 spiro atoms. The molecule has 1 aliphatic heterocycles. The van der Waals surface area contributed by atoms with E-state index in [2.05, 4.69) is 33.9 Å². The van der Waals surface area contributed by atoms with Crippen molar-refractivity contribution in [3.8, 4) is 5.75 Å². The third kappa shape index (κ3) is 3.73. The monoisotopic (exact) mass is 399 g/mol. The Kier molecular flexibility index (Phi) is 5.30. The SMILES string of the molecule is COc1ccc2c(=O)n(CC3CCN(c4nnc(C(C)C)s4)CC3)cnc2c1. The van der Waals surface area contributed by atoms with E-state index in [1.165, 1.54) is 0 Å². The zero-order valence-corrected chi connectivity index (χ0v) is 17.3. The molecule has 3 heterocycles. The molecule has 28 heavy (non-hydrogen) atoms. The maximum absolute atomic E-state index is 12.8. The Hall–Kier alpha value is -2.48. The predicted octanol–water partition coefficient (Wildman–Crippen LogP) is 3.30. The molecular formula is C20H25N5O2S. The number of rotatable bonds is 5. The van der Waals surface area contributed by atoms with Gasteiger partial charge in [0, 0.05) is 31.6 Å². The summed E-state index contributed by atoms with van der Waals surface area (Å²) in [6.45, 7) is 6.88. The molecule has 0 saturated carbocycles. The van der Waals surface area contributed by atoms with Crippen molar-refractivity contribution in [3.63, 3.8) is 0 Å². The smallest absolute Gasteiger partial charge is 0.261 e. The largest absolute Gasteiger partial charge is 0.497 e. The number of methoxy groups -OCH3 is 1. The van der Waals surface area contributed by atoms with Crippen molar-refractivity contribution in [1.82, 2.24) is 19.7 Å². The van der Waals surface area contributed by atoms with E-state index >= 15 is 0 Å². The summed E-state index contributed by atoms with van der Waals surface area (Å²) in [5, 5.41) is 11.4. The molecule has 7 nitrogen and oxygen atoms in total. The molecular weight excluding hydrogens is 374 g/mol. The van der Waals surface area contributed by atoms with Crippen LogP contribution in [0.25, 0.3) is 10.9 Å². The summed E-state index contributed by atoms with van der Waals surface area (Å²) in [5.74, 6) is 1.58. The molecule has 2 aromatic heterocycles. The molecule has 0 N–H and O–H groups in total. The molecule has 1 aliphatic rings. The fourth-order valence-corrected chi connectivity index (χ4v) is 4.47. The summed E-state index contributed by atoms with van der Waals surface area (Å²) in [7, 11) is 1.61. The molecule has 148 valence electrons. The van der Waals surface area contributed by atoms with E-state index in [4.69, 9.17) is 4.74 Å². The molecule has 0 atom stereocenters. The number of anilines is 1. The molecule has 4 rings (SSSR count). The summed E-state index contributed by atoms with van der Waals surface area (Å²) in [6.07, 6.45) is 3.73. The number of aromatic nitrogens is 4. The van der Waals surface area contributed by atoms with E-state index < -0.39 is 0 Å². The van der Waals surface area contributed by atoms with Crippen LogP contribution < -0.4 is 15.2 Å². The lowest BCUT2D eigenvalue weighted by Gasteiger charge is -2.31. The van der Waals surface area contributed by atoms with Crippen molar-refractivity contribution in [1.29, 1.82) is 0 Å². The van der Waals surface area contributed by atoms with Crippen molar-refractivity contribution >= 4 is 27.4 Å². The fourth-order valence-electron chi connectivity index (χ4n) is 3.57. The Balaban J connectivity index is 1.43. The number of hydrogen-bond acceptors (Lipinski definition) is 7. The lowest BCUT2D eigenvalue weighted by Crippen LogP contribution is -2.36. The van der Waals surface area contributed by atoms with Gasteiger partial charge in [0.1, 0.15) is 10.8 Å². The van der Waals surface area contributed by atoms with Crippen LogP contribution >= 0.6 is 11.3 Å². The lowest BCUT2D eigenvalue weighted by molar-refractivity contribution is 0.351. The van der Waals surface area contributed by atoms with Crippen LogP contribution in [0.1, 0.15) is 37.6 Å². The number of ether oxygens (including phenoxy) is 1. The molecule has 1 saturated heterocycles. The fraction of sp³-hybridized carbons (Fsp3) is 0.500. The number of nitrogens with zero attached hydrogens (tertiary/aromatic N) is 5. The van der Waals surface area contributed by atoms with Crippen molar-refractivity contribution in [2.75, 3.05) is 25.1 Å². The average molecular weight is 400 g/mol. The van der Waals surface area contributed by atoms with Gasteiger partial charge in [0.15, 0.2) is 0 Å². The summed E-state index contributed by atoms with van der Waals surface area (Å²) in [5.41, 5.74) is 0.688. The van der Waals surface area contributed by atoms with Crippen LogP contribution in [0.3, 0.4) is 0 Å². The van der Waals surface area contributed by atoms with Crippen LogP contribution in [-0.4, -0.2) is 39.9 Å². The van der Waals surface area contributed by atoms with Gasteiger partial charge in [0.25, 0.3) is 5.56 Å². The first kappa shape index (κ1) is 18.9. The molecule has 1 fully saturated rings. The van der Waals surface area contributed by atoms with E-state index in [9.17, 15) is 4.79 Å². The Labute approximate surface area is 168 Å². The summed E-state index contributed by atoms with van der Waals surface area (Å²) in [6, 6.07) is 5.40. The van der Waals surface area contributed by atoms with Gasteiger partial charge in [-0.05, 0) is 30.9 Å². The lowest BCUT2D eigenvalue weighted by atomic mass is 9.97. The molecule has 0 aliphatic carbocycles. The molecule has 8 heteroatoms. The highest BCUT2D eigenvalue weighted by Gasteiger charge is 2.23. The second kappa shape index (κ2) is 7.87. The highest BCUT2D eigenvalue weighted by molar-refractivity contribution is 7.15. The standard InChI is InChI=1S/C20H25N5O2S/c1-13(2)18-22-23-20(28-18)24-8-6-14(7-9-24)11-25-12-21-17-10-15(27-3)4-5-16(17)19(25)26/h4-5,10,12-14H,6-9,11H2,1-3H3. The van der Waals surface area contributed by atoms with Crippen LogP contribution in [0, 0.1) is 5.92 Å². The first-order valence-corrected chi connectivity index (χ1v) is 10.5. The van der Waals surface area contributed by atoms with Gasteiger partial charge in [-0.2, -0.15) is 0 Å². The molecule has 0 radical (unpaired) electrons. The van der Waals surface area contributed by atoms with Crippen LogP contribution in [0.5, 0.6) is 5.75 Å². The maximum atomic E-state index is 12.8. The highest BCUT2D eigenvalue weighted by atomic mass is 32.1. The first-order chi connectivity index (χ1) is 13.5. The van der Waals surface area contributed by atoms with Crippen LogP contribution in [0.15, 0.2) is 29.3 Å². The van der Waals surface area contributed by atoms with Gasteiger partial charge in [0.2, 0.25) is 5.13 Å². The number of fused-ring (bicyclic) bond motifs is 1. The molecule has 0 bridgehead atoms. The molecule has 0 amide bonds. The average Bonchev–Trinajstić information content (AvgIpc) is 3.21. The van der Waals surface area contributed by atoms with Crippen LogP contribution in [0.2, 0.25) is 0 Å². The second-order valence-corrected chi connectivity index (χ2v) is 8.58. The summed E-state index contributed by atoms with van der Waals surface area (Å²) in [4.78, 5) is 19.6. The van der Waals surface area contributed by atoms with Gasteiger partial charge in [-0.3, -0.25) is 9.36 Å². The quantitative estimate of drug-likeness (QED) is 0.655. The minimum Gasteiger partial charge on any atom is -0.497 e. The van der Waals surface area contributed by atoms with E-state index in [1.807, 2.05) is 6.07 Å². The Morgan fingerprint density at radius 2 is 2.04 bits per heavy atom. The number of hydrogen-bond donors (Lipinski definition) is 0. The number of benzene rings is 1. The van der Waals surface area contributed by atoms with Crippen LogP contribution in [-0.2, 0) is 6.54 Å². The molecule has 0 unspecified atom stereocenters. The van der Waals surface area contributed by atoms with Gasteiger partial charge in [0.05, 0.1) is 24.3 Å². The molecule has 3 aromatic rings. The van der Waals surface area contributed by atoms with Gasteiger partial charge in [-0.15, -0.1) is 10.2 Å². The Morgan fingerprint density at radius 1 is 1.25 bits per heavy atom. The zero-order valence-electron chi connectivity index (χ0n) is 16.5. The summed E-state index contributed by atoms with van der Waals surface area (Å²) >= 11 is 1.69. The Morgan fingerprint density at radius 3 is 2.71 bits per heavy atom. The zero-order chi connectivity index (χ0) is 19.7. The van der Waals surface area contributed by atoms with Crippen molar-refractivity contribution in [2.45, 2.75) is 39.2 Å². The highest BCUT2D eigenvalue weighted by Crippen LogP contribution is 2.29. The topological polar surface area (TPSA) is 73.1 Å². The van der Waals surface area contributed by atoms with Gasteiger partial charge < -0.3 is 9.64 Å². The second-order valence-electron chi connectivity index (χ2n) is 7.59. The van der Waals surface area contributed by atoms with E-state index in [0.29, 0.717) is 35.0 Å². The number of piperidine rings is 1. The van der Waals surface area contributed by atoms with Crippen molar-refractivity contribution < 1.29 is 4.74 Å². The van der Waals surface area contributed by atoms with E-state index in [-0.39, 0.29) is 5.56 Å². The first-order valence-electron chi connectivity index (χ1n) is 9.66. The van der Waals surface area contributed by atoms with Crippen molar-refractivity contribution in [3.05, 3.63) is 39.9 Å². The van der Waals surface area contributed by atoms with Crippen molar-refractivity contribution in [2.24, 2.45) is 5.92 Å². The van der Waals surface area contributed by atoms with Gasteiger partial charge in [-0.25, -0.2) is 4.98 Å². The van der Waals surface area contributed by atoms with Gasteiger partial charge in [-0.1, -0.05) is 25.2 Å². The van der Waals surface area contributed by atoms with E-state index in [0.717, 1.165) is 36.1 Å². The predicted molar refractivity (Wildman–Crippen MR) is 111 cm³/mol. The van der Waals surface area contributed by atoms with Crippen LogP contribution in [0.4, 0.5) is 5.13 Å².